The number of hydrogen-bond acceptors (Lipinski definition) is 9. The number of carboxylic acid groups (broad SMARTS) is 3. The van der Waals surface area contributed by atoms with Crippen LogP contribution in [0.25, 0.3) is 0 Å². The van der Waals surface area contributed by atoms with Crippen LogP contribution in [-0.2, 0) is 23.7 Å². The Morgan fingerprint density at radius 1 is 0.405 bits per heavy atom. The first-order chi connectivity index (χ1) is 55.3. The van der Waals surface area contributed by atoms with Crippen LogP contribution in [0.15, 0.2) is 84.9 Å². The average Bonchev–Trinajstić information content (AvgIpc) is 0.779. The number of esters is 1. The zero-order chi connectivity index (χ0) is 95.9. The molecule has 0 aliphatic heterocycles. The third-order valence-electron chi connectivity index (χ3n) is 16.9. The van der Waals surface area contributed by atoms with Crippen LogP contribution in [0.2, 0.25) is 10.0 Å². The molecule has 6 rings (SSSR count). The number of hydrogen-bond donors (Lipinski definition) is 3. The topological polar surface area (TPSA) is 175 Å². The molecule has 12 nitrogen and oxygen atoms in total. The van der Waals surface area contributed by atoms with Gasteiger partial charge in [-0.3, -0.25) is 0 Å². The Kier molecular flexibility index (Phi) is 63.0. The molecular formula is C99H154Cl2F8O12. The number of halogens is 10. The Hall–Kier alpha value is -6.94. The Morgan fingerprint density at radius 2 is 0.818 bits per heavy atom. The molecule has 0 spiro atoms. The van der Waals surface area contributed by atoms with E-state index in [2.05, 4.69) is 226 Å². The summed E-state index contributed by atoms with van der Waals surface area (Å²) in [6, 6.07) is 27.5. The van der Waals surface area contributed by atoms with Crippen LogP contribution in [-0.4, -0.2) is 95.6 Å². The summed E-state index contributed by atoms with van der Waals surface area (Å²) in [5.74, 6) is -18.2. The van der Waals surface area contributed by atoms with Gasteiger partial charge >= 0.3 is 23.9 Å². The Bertz CT molecular complexity index is 3890. The Morgan fingerprint density at radius 3 is 1.12 bits per heavy atom. The van der Waals surface area contributed by atoms with E-state index in [1.165, 1.54) is 63.5 Å². The first-order valence-electron chi connectivity index (χ1n) is 42.1. The first-order valence-corrected chi connectivity index (χ1v) is 42.8. The molecule has 0 fully saturated rings. The second kappa shape index (κ2) is 62.2. The van der Waals surface area contributed by atoms with E-state index in [0.29, 0.717) is 98.4 Å². The van der Waals surface area contributed by atoms with Crippen molar-refractivity contribution >= 4 is 47.1 Å². The minimum absolute atomic E-state index is 0.189. The van der Waals surface area contributed by atoms with Gasteiger partial charge in [-0.15, -0.1) is 0 Å². The van der Waals surface area contributed by atoms with Crippen molar-refractivity contribution < 1.29 is 93.3 Å². The first kappa shape index (κ1) is 123. The largest absolute Gasteiger partial charge is 0.478 e. The Labute approximate surface area is 734 Å². The summed E-state index contributed by atoms with van der Waals surface area (Å²) in [6.07, 6.45) is 6.33. The monoisotopic (exact) mass is 1760 g/mol. The minimum Gasteiger partial charge on any atom is -0.478 e. The van der Waals surface area contributed by atoms with Crippen LogP contribution >= 0.6 is 23.2 Å². The van der Waals surface area contributed by atoms with E-state index in [9.17, 15) is 54.3 Å². The number of carboxylic acids is 3. The summed E-state index contributed by atoms with van der Waals surface area (Å²) < 4.78 is 131. The maximum atomic E-state index is 13.4. The van der Waals surface area contributed by atoms with Gasteiger partial charge in [0.25, 0.3) is 0 Å². The van der Waals surface area contributed by atoms with Crippen molar-refractivity contribution in [3.8, 4) is 0 Å². The van der Waals surface area contributed by atoms with Crippen molar-refractivity contribution in [2.24, 2.45) is 22.7 Å². The molecule has 121 heavy (non-hydrogen) atoms. The quantitative estimate of drug-likeness (QED) is 0.0254. The molecule has 1 atom stereocenters. The summed E-state index contributed by atoms with van der Waals surface area (Å²) in [6.45, 7) is 76.7. The predicted molar refractivity (Wildman–Crippen MR) is 486 cm³/mol. The summed E-state index contributed by atoms with van der Waals surface area (Å²) in [7, 11) is 1.34. The molecule has 0 aliphatic rings. The van der Waals surface area contributed by atoms with E-state index in [1.807, 2.05) is 61.5 Å². The highest BCUT2D eigenvalue weighted by Crippen LogP contribution is 2.34. The van der Waals surface area contributed by atoms with Crippen molar-refractivity contribution in [3.63, 3.8) is 0 Å². The maximum absolute atomic E-state index is 13.4. The SMILES string of the molecule is CC(C)CC(C)(C)C.CC(C)OC(C)C.CC(C)OC(C)C(C)C.CC(C)OCC(C)(C)C.CC(C)c1c(F)c(F)c(F)c(C(=O)O)c1F.CC(C)c1c(F)c(F)c(F)c(F)c1C(=O)O.CC(C)c1cccc(C(=O)O)c1.CCC(CC)OC(C)C.COC(=O)c1cc(Cl)c(Cl)cc1C(C)C.Cc1ccc(C(C)C)cc1.Cc1ccccc1C(C)C. The van der Waals surface area contributed by atoms with Crippen LogP contribution in [0, 0.1) is 83.1 Å². The molecular weight excluding hydrogens is 1600 g/mol. The lowest BCUT2D eigenvalue weighted by atomic mass is 9.86. The lowest BCUT2D eigenvalue weighted by Crippen LogP contribution is -2.19. The molecule has 0 saturated carbocycles. The number of benzene rings is 6. The fourth-order valence-corrected chi connectivity index (χ4v) is 11.3. The van der Waals surface area contributed by atoms with Crippen molar-refractivity contribution in [1.82, 2.24) is 0 Å². The van der Waals surface area contributed by atoms with Crippen LogP contribution in [0.5, 0.6) is 0 Å². The summed E-state index contributed by atoms with van der Waals surface area (Å²) in [5, 5.41) is 26.6. The number of ether oxygens (including phenoxy) is 5. The zero-order valence-electron chi connectivity index (χ0n) is 80.4. The zero-order valence-corrected chi connectivity index (χ0v) is 81.9. The van der Waals surface area contributed by atoms with Crippen molar-refractivity contribution in [2.45, 2.75) is 354 Å². The molecule has 0 aromatic heterocycles. The highest BCUT2D eigenvalue weighted by atomic mass is 35.5. The number of rotatable bonds is 22. The minimum atomic E-state index is -2.11. The Balaban J connectivity index is -0.000000412. The summed E-state index contributed by atoms with van der Waals surface area (Å²) >= 11 is 11.7. The predicted octanol–water partition coefficient (Wildman–Crippen LogP) is 31.2. The summed E-state index contributed by atoms with van der Waals surface area (Å²) in [5.41, 5.74) is 5.12. The molecule has 22 heteroatoms. The van der Waals surface area contributed by atoms with Gasteiger partial charge in [0.05, 0.1) is 77.6 Å². The maximum Gasteiger partial charge on any atom is 0.341 e. The smallest absolute Gasteiger partial charge is 0.341 e. The van der Waals surface area contributed by atoms with Crippen LogP contribution < -0.4 is 0 Å². The van der Waals surface area contributed by atoms with Gasteiger partial charge in [0.2, 0.25) is 0 Å². The van der Waals surface area contributed by atoms with Crippen molar-refractivity contribution in [3.05, 3.63) is 208 Å². The van der Waals surface area contributed by atoms with E-state index >= 15 is 0 Å². The molecule has 1 unspecified atom stereocenters. The van der Waals surface area contributed by atoms with Gasteiger partial charge in [-0.2, -0.15) is 0 Å². The highest BCUT2D eigenvalue weighted by Gasteiger charge is 2.32. The lowest BCUT2D eigenvalue weighted by molar-refractivity contribution is -0.00643. The van der Waals surface area contributed by atoms with E-state index in [4.69, 9.17) is 57.5 Å². The molecule has 6 aromatic rings. The van der Waals surface area contributed by atoms with Gasteiger partial charge in [-0.05, 0) is 220 Å². The van der Waals surface area contributed by atoms with Gasteiger partial charge < -0.3 is 39.0 Å². The standard InChI is InChI=1S/C11H12Cl2O2.2C10H8F4O2.C10H12O2.2C10H14.3C8H18O.C8H18.C6H14O/c1-6(2)7-4-9(12)10(13)5-8(7)11(14)15-3;1-3(2)4-6(11)5(10(15)16)8(13)9(14)7(4)12;1-3(2)4-5(10(15)16)7(12)9(14)8(13)6(4)11;1-7(2)8-4-3-5-9(6-8)10(11)12;1-8(2)10-6-4-9(3)5-7-10;1-8(2)10-7-5-4-6-9(10)3;1-7(2)9-6-8(3,4)5;1-6(2)8(5)9-7(3)4;1-5-8(6-2)9-7(3)4;1-7(2)6-8(3,4)5;1-5(2)7-6(3)4/h4-6H,1-3H3;2*3H,1-2H3,(H,15,16);3-7H,1-2H3,(H,11,12);2*4-8H,1-3H3;7H,6H2,1-5H3;6-8H,1-5H3;7-8H,5-6H2,1-4H3;7H,6H2,1-5H3;5-6H,1-4H3. The molecule has 0 bridgehead atoms. The highest BCUT2D eigenvalue weighted by molar-refractivity contribution is 6.42. The molecule has 0 aliphatic carbocycles. The average molecular weight is 1760 g/mol. The van der Waals surface area contributed by atoms with Crippen molar-refractivity contribution in [2.75, 3.05) is 13.7 Å². The number of aromatic carboxylic acids is 3. The number of aryl methyl sites for hydroxylation is 2. The number of carbonyl (C=O) groups is 4. The molecule has 0 heterocycles. The van der Waals surface area contributed by atoms with Crippen molar-refractivity contribution in [1.29, 1.82) is 0 Å². The third-order valence-corrected chi connectivity index (χ3v) is 17.6. The molecule has 0 amide bonds. The molecule has 3 N–H and O–H groups in total. The lowest BCUT2D eigenvalue weighted by Gasteiger charge is -2.19. The molecule has 692 valence electrons. The number of methoxy groups -OCH3 is 1. The molecule has 0 radical (unpaired) electrons. The van der Waals surface area contributed by atoms with Gasteiger partial charge in [0, 0.05) is 11.1 Å². The third kappa shape index (κ3) is 53.8. The number of carbonyl (C=O) groups excluding carboxylic acids is 1. The van der Waals surface area contributed by atoms with Gasteiger partial charge in [-0.25, -0.2) is 54.3 Å². The van der Waals surface area contributed by atoms with Gasteiger partial charge in [0.15, 0.2) is 40.7 Å². The van der Waals surface area contributed by atoms with Crippen LogP contribution in [0.4, 0.5) is 35.1 Å². The molecule has 0 saturated heterocycles. The van der Waals surface area contributed by atoms with Crippen LogP contribution in [0.3, 0.4) is 0 Å². The fraction of sp³-hybridized carbons (Fsp3) is 0.596. The second-order valence-electron chi connectivity index (χ2n) is 35.7. The van der Waals surface area contributed by atoms with E-state index in [1.54, 1.807) is 30.3 Å². The fourth-order valence-electron chi connectivity index (χ4n) is 10.9. The van der Waals surface area contributed by atoms with Gasteiger partial charge in [-0.1, -0.05) is 256 Å². The normalized spacial score (nSPS) is 11.3. The van der Waals surface area contributed by atoms with E-state index in [-0.39, 0.29) is 5.92 Å². The second-order valence-corrected chi connectivity index (χ2v) is 36.6. The van der Waals surface area contributed by atoms with Gasteiger partial charge in [0.1, 0.15) is 16.9 Å². The van der Waals surface area contributed by atoms with E-state index < -0.39 is 105 Å². The van der Waals surface area contributed by atoms with E-state index in [0.717, 1.165) is 36.5 Å². The summed E-state index contributed by atoms with van der Waals surface area (Å²) in [4.78, 5) is 43.2. The van der Waals surface area contributed by atoms with Crippen LogP contribution in [0.1, 0.15) is 383 Å². The molecule has 6 aromatic carbocycles.